The summed E-state index contributed by atoms with van der Waals surface area (Å²) in [6, 6.07) is 0. The predicted molar refractivity (Wildman–Crippen MR) is 67.1 cm³/mol. The molecule has 2 heteroatoms. The molecular weight excluding hydrogens is 184 g/mol. The topological polar surface area (TPSA) is 15.3 Å². The van der Waals surface area contributed by atoms with Gasteiger partial charge in [0, 0.05) is 19.6 Å². The minimum Gasteiger partial charge on any atom is -0.315 e. The van der Waals surface area contributed by atoms with Crippen LogP contribution in [-0.4, -0.2) is 37.6 Å². The molecule has 15 heavy (non-hydrogen) atoms. The second kappa shape index (κ2) is 7.66. The van der Waals surface area contributed by atoms with Crippen LogP contribution in [0.3, 0.4) is 0 Å². The summed E-state index contributed by atoms with van der Waals surface area (Å²) in [5, 5.41) is 3.42. The highest BCUT2D eigenvalue weighted by molar-refractivity contribution is 5.17. The molecule has 1 aliphatic heterocycles. The Morgan fingerprint density at radius 1 is 1.40 bits per heavy atom. The lowest BCUT2D eigenvalue weighted by Gasteiger charge is -2.19. The van der Waals surface area contributed by atoms with E-state index in [9.17, 15) is 0 Å². The van der Waals surface area contributed by atoms with Crippen molar-refractivity contribution in [3.8, 4) is 0 Å². The van der Waals surface area contributed by atoms with Gasteiger partial charge in [0.25, 0.3) is 0 Å². The van der Waals surface area contributed by atoms with Crippen LogP contribution in [0, 0.1) is 0 Å². The van der Waals surface area contributed by atoms with Crippen LogP contribution in [0.25, 0.3) is 0 Å². The molecule has 0 aromatic carbocycles. The number of hydrogen-bond acceptors (Lipinski definition) is 2. The van der Waals surface area contributed by atoms with Crippen LogP contribution in [0.4, 0.5) is 0 Å². The second-order valence-electron chi connectivity index (χ2n) is 4.15. The summed E-state index contributed by atoms with van der Waals surface area (Å²) in [5.41, 5.74) is 1.39. The Balaban J connectivity index is 2.38. The van der Waals surface area contributed by atoms with Crippen LogP contribution in [0.5, 0.6) is 0 Å². The quantitative estimate of drug-likeness (QED) is 0.697. The minimum absolute atomic E-state index is 1.07. The average molecular weight is 208 g/mol. The lowest BCUT2D eigenvalue weighted by Crippen LogP contribution is -2.29. The van der Waals surface area contributed by atoms with Crippen molar-refractivity contribution in [3.05, 3.63) is 24.3 Å². The largest absolute Gasteiger partial charge is 0.315 e. The van der Waals surface area contributed by atoms with Crippen molar-refractivity contribution in [2.45, 2.75) is 26.2 Å². The van der Waals surface area contributed by atoms with Crippen LogP contribution in [0.15, 0.2) is 24.3 Å². The van der Waals surface area contributed by atoms with E-state index < -0.39 is 0 Å². The zero-order valence-electron chi connectivity index (χ0n) is 9.97. The summed E-state index contributed by atoms with van der Waals surface area (Å²) in [7, 11) is 0. The monoisotopic (exact) mass is 208 g/mol. The first-order chi connectivity index (χ1) is 7.36. The summed E-state index contributed by atoms with van der Waals surface area (Å²) >= 11 is 0. The lowest BCUT2D eigenvalue weighted by atomic mass is 10.2. The normalized spacial score (nSPS) is 19.9. The number of unbranched alkanes of at least 4 members (excludes halogenated alkanes) is 1. The fraction of sp³-hybridized carbons (Fsp3) is 0.692. The Labute approximate surface area is 94.0 Å². The van der Waals surface area contributed by atoms with Crippen molar-refractivity contribution < 1.29 is 0 Å². The third-order valence-electron chi connectivity index (χ3n) is 2.80. The number of nitrogens with one attached hydrogen (secondary N) is 1. The number of allylic oxidation sites excluding steroid dienone is 1. The van der Waals surface area contributed by atoms with E-state index in [4.69, 9.17) is 0 Å². The molecular formula is C13H24N2. The van der Waals surface area contributed by atoms with Crippen molar-refractivity contribution in [2.75, 3.05) is 32.7 Å². The molecule has 0 bridgehead atoms. The van der Waals surface area contributed by atoms with Crippen molar-refractivity contribution >= 4 is 0 Å². The highest BCUT2D eigenvalue weighted by Crippen LogP contribution is 2.05. The first kappa shape index (κ1) is 12.5. The molecule has 0 radical (unpaired) electrons. The Hall–Kier alpha value is -0.600. The zero-order valence-corrected chi connectivity index (χ0v) is 9.97. The van der Waals surface area contributed by atoms with Gasteiger partial charge in [-0.3, -0.25) is 4.90 Å². The van der Waals surface area contributed by atoms with Crippen molar-refractivity contribution in [1.82, 2.24) is 10.2 Å². The van der Waals surface area contributed by atoms with Gasteiger partial charge in [0.15, 0.2) is 0 Å². The molecule has 1 aliphatic rings. The summed E-state index contributed by atoms with van der Waals surface area (Å²) in [6.07, 6.45) is 7.99. The van der Waals surface area contributed by atoms with Gasteiger partial charge in [-0.05, 0) is 31.5 Å². The molecule has 0 aromatic rings. The van der Waals surface area contributed by atoms with Crippen LogP contribution < -0.4 is 5.32 Å². The first-order valence-corrected chi connectivity index (χ1v) is 6.11. The van der Waals surface area contributed by atoms with Gasteiger partial charge < -0.3 is 5.32 Å². The number of rotatable bonds is 5. The smallest absolute Gasteiger partial charge is 0.0230 e. The lowest BCUT2D eigenvalue weighted by molar-refractivity contribution is 0.319. The van der Waals surface area contributed by atoms with E-state index >= 15 is 0 Å². The fourth-order valence-corrected chi connectivity index (χ4v) is 1.86. The van der Waals surface area contributed by atoms with Gasteiger partial charge in [0.05, 0.1) is 0 Å². The molecule has 0 atom stereocenters. The van der Waals surface area contributed by atoms with Gasteiger partial charge in [-0.15, -0.1) is 0 Å². The van der Waals surface area contributed by atoms with Crippen LogP contribution in [0.1, 0.15) is 26.2 Å². The Morgan fingerprint density at radius 3 is 3.00 bits per heavy atom. The van der Waals surface area contributed by atoms with E-state index in [0.29, 0.717) is 0 Å². The van der Waals surface area contributed by atoms with Crippen LogP contribution in [0.2, 0.25) is 0 Å². The standard InChI is InChI=1S/C13H24N2/c1-3-5-7-13(4-2)12-15-10-6-8-14-9-11-15/h4,7,14H,2-3,5-6,8-12H2,1H3/b13-7+. The zero-order chi connectivity index (χ0) is 10.9. The highest BCUT2D eigenvalue weighted by atomic mass is 15.1. The second-order valence-corrected chi connectivity index (χ2v) is 4.15. The van der Waals surface area contributed by atoms with Gasteiger partial charge >= 0.3 is 0 Å². The molecule has 1 saturated heterocycles. The summed E-state index contributed by atoms with van der Waals surface area (Å²) in [4.78, 5) is 2.52. The predicted octanol–water partition coefficient (Wildman–Crippen LogP) is 2.19. The van der Waals surface area contributed by atoms with Crippen LogP contribution in [-0.2, 0) is 0 Å². The molecule has 2 nitrogen and oxygen atoms in total. The van der Waals surface area contributed by atoms with Crippen molar-refractivity contribution in [3.63, 3.8) is 0 Å². The molecule has 1 fully saturated rings. The van der Waals surface area contributed by atoms with Gasteiger partial charge in [-0.25, -0.2) is 0 Å². The SMILES string of the molecule is C=C/C(=C\CCC)CN1CCCNCC1. The third kappa shape index (κ3) is 5.14. The molecule has 86 valence electrons. The molecule has 0 spiro atoms. The Morgan fingerprint density at radius 2 is 2.27 bits per heavy atom. The Kier molecular flexibility index (Phi) is 6.37. The van der Waals surface area contributed by atoms with Gasteiger partial charge in [-0.1, -0.05) is 32.1 Å². The molecule has 0 aliphatic carbocycles. The van der Waals surface area contributed by atoms with Crippen molar-refractivity contribution in [2.24, 2.45) is 0 Å². The van der Waals surface area contributed by atoms with Gasteiger partial charge in [-0.2, -0.15) is 0 Å². The molecule has 0 unspecified atom stereocenters. The molecule has 1 heterocycles. The maximum Gasteiger partial charge on any atom is 0.0230 e. The Bertz CT molecular complexity index is 201. The van der Waals surface area contributed by atoms with Crippen molar-refractivity contribution in [1.29, 1.82) is 0 Å². The van der Waals surface area contributed by atoms with Crippen LogP contribution >= 0.6 is 0 Å². The molecule has 0 saturated carbocycles. The molecule has 0 aromatic heterocycles. The minimum atomic E-state index is 1.07. The fourth-order valence-electron chi connectivity index (χ4n) is 1.86. The van der Waals surface area contributed by atoms with E-state index in [1.807, 2.05) is 6.08 Å². The van der Waals surface area contributed by atoms with E-state index in [-0.39, 0.29) is 0 Å². The summed E-state index contributed by atoms with van der Waals surface area (Å²) < 4.78 is 0. The van der Waals surface area contributed by atoms with Gasteiger partial charge in [0.1, 0.15) is 0 Å². The number of hydrogen-bond donors (Lipinski definition) is 1. The first-order valence-electron chi connectivity index (χ1n) is 6.11. The highest BCUT2D eigenvalue weighted by Gasteiger charge is 2.08. The summed E-state index contributed by atoms with van der Waals surface area (Å²) in [5.74, 6) is 0. The van der Waals surface area contributed by atoms with E-state index in [1.54, 1.807) is 0 Å². The third-order valence-corrected chi connectivity index (χ3v) is 2.80. The molecule has 0 amide bonds. The maximum atomic E-state index is 3.89. The van der Waals surface area contributed by atoms with Gasteiger partial charge in [0.2, 0.25) is 0 Å². The average Bonchev–Trinajstić information content (AvgIpc) is 2.52. The summed E-state index contributed by atoms with van der Waals surface area (Å²) in [6.45, 7) is 11.8. The van der Waals surface area contributed by atoms with E-state index in [1.165, 1.54) is 37.9 Å². The van der Waals surface area contributed by atoms with E-state index in [0.717, 1.165) is 19.6 Å². The maximum absolute atomic E-state index is 3.89. The molecule has 1 N–H and O–H groups in total. The molecule has 1 rings (SSSR count). The van der Waals surface area contributed by atoms with E-state index in [2.05, 4.69) is 29.8 Å². The number of nitrogens with zero attached hydrogens (tertiary/aromatic N) is 1.